The fourth-order valence-electron chi connectivity index (χ4n) is 2.03. The number of halogens is 6. The van der Waals surface area contributed by atoms with Crippen LogP contribution in [0.4, 0.5) is 26.3 Å². The lowest BCUT2D eigenvalue weighted by atomic mass is 10.1. The van der Waals surface area contributed by atoms with E-state index in [4.69, 9.17) is 9.47 Å². The molecule has 0 fully saturated rings. The van der Waals surface area contributed by atoms with E-state index < -0.39 is 30.1 Å². The minimum Gasteiger partial charge on any atom is -0.508 e. The van der Waals surface area contributed by atoms with Crippen molar-refractivity contribution >= 4 is 0 Å². The molecule has 0 radical (unpaired) electrons. The highest BCUT2D eigenvalue weighted by molar-refractivity contribution is 5.41. The molecule has 2 aromatic rings. The lowest BCUT2D eigenvalue weighted by molar-refractivity contribution is -0.143. The van der Waals surface area contributed by atoms with Crippen molar-refractivity contribution in [2.45, 2.75) is 19.0 Å². The van der Waals surface area contributed by atoms with E-state index in [-0.39, 0.29) is 28.9 Å². The zero-order valence-electron chi connectivity index (χ0n) is 12.7. The van der Waals surface area contributed by atoms with E-state index in [1.165, 1.54) is 19.2 Å². The number of aromatic hydroxyl groups is 1. The van der Waals surface area contributed by atoms with E-state index >= 15 is 0 Å². The molecule has 2 rings (SSSR count). The van der Waals surface area contributed by atoms with Gasteiger partial charge in [0.2, 0.25) is 0 Å². The molecule has 1 N–H and O–H groups in total. The smallest absolute Gasteiger partial charge is 0.416 e. The molecule has 0 unspecified atom stereocenters. The summed E-state index contributed by atoms with van der Waals surface area (Å²) in [5, 5.41) is 9.47. The molecule has 0 spiro atoms. The molecule has 2 aromatic carbocycles. The molecule has 25 heavy (non-hydrogen) atoms. The first-order chi connectivity index (χ1) is 11.5. The van der Waals surface area contributed by atoms with Gasteiger partial charge in [-0.2, -0.15) is 26.3 Å². The molecule has 0 saturated heterocycles. The SMILES string of the molecule is COc1cc(O)cc(OCc2cc(C(F)(F)F)cc(C(F)(F)F)c2)c1. The van der Waals surface area contributed by atoms with Crippen LogP contribution in [0.5, 0.6) is 17.2 Å². The minimum atomic E-state index is -4.93. The summed E-state index contributed by atoms with van der Waals surface area (Å²) in [5.74, 6) is 0.0206. The van der Waals surface area contributed by atoms with Crippen molar-refractivity contribution in [1.82, 2.24) is 0 Å². The largest absolute Gasteiger partial charge is 0.508 e. The third kappa shape index (κ3) is 4.94. The Morgan fingerprint density at radius 2 is 1.32 bits per heavy atom. The zero-order chi connectivity index (χ0) is 18.8. The maximum Gasteiger partial charge on any atom is 0.416 e. The van der Waals surface area contributed by atoms with E-state index in [1.807, 2.05) is 0 Å². The fourth-order valence-corrected chi connectivity index (χ4v) is 2.03. The number of hydrogen-bond donors (Lipinski definition) is 1. The Hall–Kier alpha value is -2.58. The highest BCUT2D eigenvalue weighted by Crippen LogP contribution is 2.36. The third-order valence-electron chi connectivity index (χ3n) is 3.15. The maximum absolute atomic E-state index is 12.8. The Bertz CT molecular complexity index is 720. The minimum absolute atomic E-state index is 0.0304. The van der Waals surface area contributed by atoms with Gasteiger partial charge >= 0.3 is 12.4 Å². The molecule has 0 aliphatic carbocycles. The molecule has 0 aliphatic rings. The molecule has 9 heteroatoms. The predicted molar refractivity (Wildman–Crippen MR) is 75.4 cm³/mol. The quantitative estimate of drug-likeness (QED) is 0.773. The topological polar surface area (TPSA) is 38.7 Å². The molecule has 3 nitrogen and oxygen atoms in total. The van der Waals surface area contributed by atoms with Crippen molar-refractivity contribution in [2.75, 3.05) is 7.11 Å². The Morgan fingerprint density at radius 3 is 1.80 bits per heavy atom. The van der Waals surface area contributed by atoms with Gasteiger partial charge in [-0.1, -0.05) is 0 Å². The third-order valence-corrected chi connectivity index (χ3v) is 3.15. The van der Waals surface area contributed by atoms with E-state index in [9.17, 15) is 31.4 Å². The summed E-state index contributed by atoms with van der Waals surface area (Å²) in [6.07, 6.45) is -9.85. The van der Waals surface area contributed by atoms with Crippen LogP contribution < -0.4 is 9.47 Å². The van der Waals surface area contributed by atoms with Crippen molar-refractivity contribution in [1.29, 1.82) is 0 Å². The van der Waals surface area contributed by atoms with Gasteiger partial charge in [0.25, 0.3) is 0 Å². The van der Waals surface area contributed by atoms with Gasteiger partial charge in [-0.15, -0.1) is 0 Å². The van der Waals surface area contributed by atoms with Gasteiger partial charge in [-0.05, 0) is 23.8 Å². The van der Waals surface area contributed by atoms with Crippen LogP contribution >= 0.6 is 0 Å². The molecular formula is C16H12F6O3. The number of methoxy groups -OCH3 is 1. The van der Waals surface area contributed by atoms with Crippen LogP contribution in [0.15, 0.2) is 36.4 Å². The lowest BCUT2D eigenvalue weighted by Gasteiger charge is -2.15. The van der Waals surface area contributed by atoms with Gasteiger partial charge in [0, 0.05) is 18.2 Å². The first-order valence-electron chi connectivity index (χ1n) is 6.78. The molecule has 136 valence electrons. The van der Waals surface area contributed by atoms with Crippen molar-refractivity contribution in [3.05, 3.63) is 53.1 Å². The number of hydrogen-bond acceptors (Lipinski definition) is 3. The summed E-state index contributed by atoms with van der Waals surface area (Å²) >= 11 is 0. The Balaban J connectivity index is 2.31. The monoisotopic (exact) mass is 366 g/mol. The maximum atomic E-state index is 12.8. The summed E-state index contributed by atoms with van der Waals surface area (Å²) < 4.78 is 86.8. The average molecular weight is 366 g/mol. The van der Waals surface area contributed by atoms with E-state index in [0.717, 1.165) is 6.07 Å². The van der Waals surface area contributed by atoms with Gasteiger partial charge in [-0.3, -0.25) is 0 Å². The normalized spacial score (nSPS) is 12.1. The van der Waals surface area contributed by atoms with Gasteiger partial charge < -0.3 is 14.6 Å². The first kappa shape index (κ1) is 18.8. The Kier molecular flexibility index (Phi) is 5.05. The second kappa shape index (κ2) is 6.73. The number of phenols is 1. The molecule has 0 aromatic heterocycles. The Morgan fingerprint density at radius 1 is 0.800 bits per heavy atom. The molecule has 0 amide bonds. The number of rotatable bonds is 4. The summed E-state index contributed by atoms with van der Waals surface area (Å²) in [5.41, 5.74) is -3.16. The number of benzene rings is 2. The van der Waals surface area contributed by atoms with E-state index in [2.05, 4.69) is 0 Å². The van der Waals surface area contributed by atoms with E-state index in [0.29, 0.717) is 12.1 Å². The van der Waals surface area contributed by atoms with Crippen LogP contribution in [0.3, 0.4) is 0 Å². The molecule has 0 bridgehead atoms. The van der Waals surface area contributed by atoms with Gasteiger partial charge in [0.15, 0.2) is 0 Å². The highest BCUT2D eigenvalue weighted by atomic mass is 19.4. The molecule has 0 saturated carbocycles. The first-order valence-corrected chi connectivity index (χ1v) is 6.78. The molecular weight excluding hydrogens is 354 g/mol. The number of alkyl halides is 6. The summed E-state index contributed by atoms with van der Waals surface area (Å²) in [6.45, 7) is -0.556. The standard InChI is InChI=1S/C16H12F6O3/c1-24-13-5-12(23)6-14(7-13)25-8-9-2-10(15(17,18)19)4-11(3-9)16(20,21)22/h2-7,23H,8H2,1H3. The van der Waals surface area contributed by atoms with Crippen LogP contribution in [-0.2, 0) is 19.0 Å². The van der Waals surface area contributed by atoms with Crippen LogP contribution in [0, 0.1) is 0 Å². The Labute approximate surface area is 138 Å². The zero-order valence-corrected chi connectivity index (χ0v) is 12.7. The van der Waals surface area contributed by atoms with Crippen molar-refractivity contribution < 1.29 is 40.9 Å². The van der Waals surface area contributed by atoms with Crippen molar-refractivity contribution in [2.24, 2.45) is 0 Å². The van der Waals surface area contributed by atoms with Gasteiger partial charge in [0.1, 0.15) is 23.9 Å². The van der Waals surface area contributed by atoms with Crippen LogP contribution in [0.2, 0.25) is 0 Å². The van der Waals surface area contributed by atoms with Crippen molar-refractivity contribution in [3.8, 4) is 17.2 Å². The molecule has 0 atom stereocenters. The number of ether oxygens (including phenoxy) is 2. The lowest BCUT2D eigenvalue weighted by Crippen LogP contribution is -2.12. The van der Waals surface area contributed by atoms with Gasteiger partial charge in [0.05, 0.1) is 18.2 Å². The predicted octanol–water partition coefficient (Wildman–Crippen LogP) is 5.02. The fraction of sp³-hybridized carbons (Fsp3) is 0.250. The van der Waals surface area contributed by atoms with Crippen molar-refractivity contribution in [3.63, 3.8) is 0 Å². The van der Waals surface area contributed by atoms with Crippen LogP contribution in [0.1, 0.15) is 16.7 Å². The molecule has 0 aliphatic heterocycles. The van der Waals surface area contributed by atoms with E-state index in [1.54, 1.807) is 0 Å². The molecule has 0 heterocycles. The number of phenolic OH excluding ortho intramolecular Hbond substituents is 1. The second-order valence-corrected chi connectivity index (χ2v) is 5.07. The van der Waals surface area contributed by atoms with Crippen LogP contribution in [-0.4, -0.2) is 12.2 Å². The summed E-state index contributed by atoms with van der Waals surface area (Å²) in [7, 11) is 1.32. The van der Waals surface area contributed by atoms with Gasteiger partial charge in [-0.25, -0.2) is 0 Å². The summed E-state index contributed by atoms with van der Waals surface area (Å²) in [4.78, 5) is 0. The average Bonchev–Trinajstić information content (AvgIpc) is 2.50. The second-order valence-electron chi connectivity index (χ2n) is 5.07. The highest BCUT2D eigenvalue weighted by Gasteiger charge is 2.36. The summed E-state index contributed by atoms with van der Waals surface area (Å²) in [6, 6.07) is 4.95. The van der Waals surface area contributed by atoms with Crippen LogP contribution in [0.25, 0.3) is 0 Å².